The van der Waals surface area contributed by atoms with Gasteiger partial charge in [0.1, 0.15) is 0 Å². The van der Waals surface area contributed by atoms with Gasteiger partial charge in [0.2, 0.25) is 0 Å². The van der Waals surface area contributed by atoms with Crippen molar-refractivity contribution in [2.24, 2.45) is 0 Å². The van der Waals surface area contributed by atoms with Gasteiger partial charge in [0.25, 0.3) is 0 Å². The second kappa shape index (κ2) is 5.38. The molecule has 0 bridgehead atoms. The average Bonchev–Trinajstić information content (AvgIpc) is 2.49. The maximum atomic E-state index is 2.80. The first-order valence-corrected chi connectivity index (χ1v) is 6.93. The Hall–Kier alpha value is -1.91. The molecule has 0 heterocycles. The SMILES string of the molecule is Pc1ccccc1-c1cccc(-c2ccccc2)c1. The first kappa shape index (κ1) is 12.1. The second-order valence-corrected chi connectivity index (χ2v) is 5.16. The fourth-order valence-corrected chi connectivity index (χ4v) is 2.63. The van der Waals surface area contributed by atoms with Crippen molar-refractivity contribution < 1.29 is 0 Å². The quantitative estimate of drug-likeness (QED) is 0.596. The lowest BCUT2D eigenvalue weighted by molar-refractivity contribution is 1.60. The molecule has 0 radical (unpaired) electrons. The van der Waals surface area contributed by atoms with Crippen LogP contribution in [-0.2, 0) is 0 Å². The molecular formula is C18H15P. The van der Waals surface area contributed by atoms with Crippen LogP contribution in [0.1, 0.15) is 0 Å². The third kappa shape index (κ3) is 2.59. The molecule has 3 aromatic carbocycles. The zero-order chi connectivity index (χ0) is 13.1. The fourth-order valence-electron chi connectivity index (χ4n) is 2.26. The van der Waals surface area contributed by atoms with E-state index in [0.717, 1.165) is 0 Å². The molecule has 0 aromatic heterocycles. The Morgan fingerprint density at radius 1 is 0.526 bits per heavy atom. The predicted octanol–water partition coefficient (Wildman–Crippen LogP) is 4.52. The zero-order valence-electron chi connectivity index (χ0n) is 10.6. The van der Waals surface area contributed by atoms with Crippen LogP contribution in [0.5, 0.6) is 0 Å². The average molecular weight is 262 g/mol. The van der Waals surface area contributed by atoms with Crippen LogP contribution in [0.25, 0.3) is 22.3 Å². The highest BCUT2D eigenvalue weighted by Crippen LogP contribution is 2.25. The van der Waals surface area contributed by atoms with Crippen molar-refractivity contribution in [2.45, 2.75) is 0 Å². The van der Waals surface area contributed by atoms with E-state index in [1.807, 2.05) is 6.07 Å². The molecule has 0 saturated carbocycles. The van der Waals surface area contributed by atoms with Gasteiger partial charge in [-0.25, -0.2) is 0 Å². The lowest BCUT2D eigenvalue weighted by atomic mass is 9.99. The molecule has 0 fully saturated rings. The fraction of sp³-hybridized carbons (Fsp3) is 0. The molecule has 0 aliphatic carbocycles. The smallest absolute Gasteiger partial charge is 0.0112 e. The summed E-state index contributed by atoms with van der Waals surface area (Å²) in [6.07, 6.45) is 0. The first-order valence-electron chi connectivity index (χ1n) is 6.35. The summed E-state index contributed by atoms with van der Waals surface area (Å²) >= 11 is 0. The van der Waals surface area contributed by atoms with Gasteiger partial charge in [-0.05, 0) is 33.6 Å². The molecule has 1 atom stereocenters. The Bertz CT molecular complexity index is 687. The minimum atomic E-state index is 1.23. The molecule has 0 N–H and O–H groups in total. The molecule has 92 valence electrons. The summed E-state index contributed by atoms with van der Waals surface area (Å²) in [5, 5.41) is 1.23. The molecule has 0 aliphatic rings. The van der Waals surface area contributed by atoms with E-state index in [4.69, 9.17) is 0 Å². The Morgan fingerprint density at radius 3 is 1.95 bits per heavy atom. The normalized spacial score (nSPS) is 10.4. The third-order valence-electron chi connectivity index (χ3n) is 3.24. The number of rotatable bonds is 2. The highest BCUT2D eigenvalue weighted by molar-refractivity contribution is 7.28. The van der Waals surface area contributed by atoms with Crippen LogP contribution in [-0.4, -0.2) is 0 Å². The molecule has 0 nitrogen and oxygen atoms in total. The Balaban J connectivity index is 2.09. The molecule has 0 saturated heterocycles. The standard InChI is InChI=1S/C18H15P/c19-18-12-5-4-11-17(18)16-10-6-9-15(13-16)14-7-2-1-3-8-14/h1-13H,19H2. The summed E-state index contributed by atoms with van der Waals surface area (Å²) in [7, 11) is 2.80. The van der Waals surface area contributed by atoms with Gasteiger partial charge in [0.15, 0.2) is 0 Å². The molecule has 3 aromatic rings. The van der Waals surface area contributed by atoms with Crippen molar-refractivity contribution in [2.75, 3.05) is 0 Å². The summed E-state index contributed by atoms with van der Waals surface area (Å²) in [5.41, 5.74) is 5.04. The van der Waals surface area contributed by atoms with Crippen LogP contribution >= 0.6 is 9.24 Å². The second-order valence-electron chi connectivity index (χ2n) is 4.53. The van der Waals surface area contributed by atoms with Gasteiger partial charge < -0.3 is 0 Å². The molecule has 0 spiro atoms. The van der Waals surface area contributed by atoms with Crippen LogP contribution in [0.2, 0.25) is 0 Å². The minimum absolute atomic E-state index is 1.23. The summed E-state index contributed by atoms with van der Waals surface area (Å²) < 4.78 is 0. The van der Waals surface area contributed by atoms with Gasteiger partial charge in [-0.3, -0.25) is 0 Å². The lowest BCUT2D eigenvalue weighted by Gasteiger charge is -2.08. The Kier molecular flexibility index (Phi) is 3.44. The molecular weight excluding hydrogens is 247 g/mol. The monoisotopic (exact) mass is 262 g/mol. The summed E-state index contributed by atoms with van der Waals surface area (Å²) in [5.74, 6) is 0. The molecule has 0 aliphatic heterocycles. The highest BCUT2D eigenvalue weighted by atomic mass is 31.0. The lowest BCUT2D eigenvalue weighted by Crippen LogP contribution is -1.95. The molecule has 1 unspecified atom stereocenters. The van der Waals surface area contributed by atoms with Crippen molar-refractivity contribution in [3.8, 4) is 22.3 Å². The van der Waals surface area contributed by atoms with Crippen molar-refractivity contribution in [1.82, 2.24) is 0 Å². The van der Waals surface area contributed by atoms with Gasteiger partial charge in [0.05, 0.1) is 0 Å². The topological polar surface area (TPSA) is 0 Å². The van der Waals surface area contributed by atoms with E-state index in [2.05, 4.69) is 82.0 Å². The van der Waals surface area contributed by atoms with Crippen LogP contribution in [0, 0.1) is 0 Å². The predicted molar refractivity (Wildman–Crippen MR) is 86.7 cm³/mol. The van der Waals surface area contributed by atoms with E-state index in [9.17, 15) is 0 Å². The Morgan fingerprint density at radius 2 is 1.16 bits per heavy atom. The van der Waals surface area contributed by atoms with Gasteiger partial charge in [-0.2, -0.15) is 0 Å². The third-order valence-corrected chi connectivity index (χ3v) is 3.74. The number of hydrogen-bond donors (Lipinski definition) is 0. The van der Waals surface area contributed by atoms with Gasteiger partial charge in [-0.1, -0.05) is 72.8 Å². The van der Waals surface area contributed by atoms with Gasteiger partial charge in [-0.15, -0.1) is 9.24 Å². The van der Waals surface area contributed by atoms with E-state index < -0.39 is 0 Å². The number of hydrogen-bond acceptors (Lipinski definition) is 0. The van der Waals surface area contributed by atoms with E-state index in [1.165, 1.54) is 27.6 Å². The molecule has 3 rings (SSSR count). The van der Waals surface area contributed by atoms with E-state index in [-0.39, 0.29) is 0 Å². The van der Waals surface area contributed by atoms with Crippen LogP contribution < -0.4 is 5.30 Å². The van der Waals surface area contributed by atoms with Crippen molar-refractivity contribution in [3.63, 3.8) is 0 Å². The maximum Gasteiger partial charge on any atom is -0.0112 e. The maximum absolute atomic E-state index is 2.80. The van der Waals surface area contributed by atoms with E-state index >= 15 is 0 Å². The summed E-state index contributed by atoms with van der Waals surface area (Å²) in [6, 6.07) is 27.6. The molecule has 19 heavy (non-hydrogen) atoms. The minimum Gasteiger partial charge on any atom is -0.105 e. The summed E-state index contributed by atoms with van der Waals surface area (Å²) in [4.78, 5) is 0. The molecule has 1 heteroatoms. The molecule has 0 amide bonds. The van der Waals surface area contributed by atoms with Gasteiger partial charge in [0, 0.05) is 0 Å². The van der Waals surface area contributed by atoms with Gasteiger partial charge >= 0.3 is 0 Å². The van der Waals surface area contributed by atoms with Crippen molar-refractivity contribution in [1.29, 1.82) is 0 Å². The van der Waals surface area contributed by atoms with Crippen LogP contribution in [0.3, 0.4) is 0 Å². The van der Waals surface area contributed by atoms with E-state index in [1.54, 1.807) is 0 Å². The zero-order valence-corrected chi connectivity index (χ0v) is 11.7. The first-order chi connectivity index (χ1) is 9.34. The van der Waals surface area contributed by atoms with Crippen molar-refractivity contribution >= 4 is 14.5 Å². The highest BCUT2D eigenvalue weighted by Gasteiger charge is 2.03. The summed E-state index contributed by atoms with van der Waals surface area (Å²) in [6.45, 7) is 0. The van der Waals surface area contributed by atoms with Crippen LogP contribution in [0.15, 0.2) is 78.9 Å². The largest absolute Gasteiger partial charge is 0.105 e. The van der Waals surface area contributed by atoms with Crippen molar-refractivity contribution in [3.05, 3.63) is 78.9 Å². The Labute approximate surface area is 116 Å². The number of benzene rings is 3. The van der Waals surface area contributed by atoms with E-state index in [0.29, 0.717) is 0 Å². The van der Waals surface area contributed by atoms with Crippen LogP contribution in [0.4, 0.5) is 0 Å².